The highest BCUT2D eigenvalue weighted by atomic mass is 79.9. The second kappa shape index (κ2) is 4.96. The van der Waals surface area contributed by atoms with Crippen LogP contribution in [-0.2, 0) is 4.79 Å². The molecule has 0 amide bonds. The maximum Gasteiger partial charge on any atom is 0.303 e. The second-order valence-corrected chi connectivity index (χ2v) is 5.04. The highest BCUT2D eigenvalue weighted by Crippen LogP contribution is 2.35. The largest absolute Gasteiger partial charge is 0.489 e. The number of fused-ring (bicyclic) bond motifs is 1. The minimum atomic E-state index is -0.765. The summed E-state index contributed by atoms with van der Waals surface area (Å²) >= 11 is 3.42. The quantitative estimate of drug-likeness (QED) is 0.932. The van der Waals surface area contributed by atoms with E-state index in [9.17, 15) is 4.79 Å². The van der Waals surface area contributed by atoms with Gasteiger partial charge in [0, 0.05) is 17.9 Å². The molecule has 0 spiro atoms. The van der Waals surface area contributed by atoms with Crippen molar-refractivity contribution in [3.8, 4) is 5.75 Å². The SMILES string of the molecule is CN1c2cc(Br)ccc2OCC1CCC(=O)O. The van der Waals surface area contributed by atoms with Gasteiger partial charge in [-0.3, -0.25) is 4.79 Å². The molecule has 2 rings (SSSR count). The third-order valence-corrected chi connectivity index (χ3v) is 3.46. The summed E-state index contributed by atoms with van der Waals surface area (Å²) in [6.07, 6.45) is 0.763. The average molecular weight is 300 g/mol. The van der Waals surface area contributed by atoms with Crippen molar-refractivity contribution in [1.82, 2.24) is 0 Å². The van der Waals surface area contributed by atoms with Gasteiger partial charge in [-0.25, -0.2) is 0 Å². The standard InChI is InChI=1S/C12H14BrNO3/c1-14-9(3-5-12(15)16)7-17-11-4-2-8(13)6-10(11)14/h2,4,6,9H,3,5,7H2,1H3,(H,15,16). The molecule has 0 saturated carbocycles. The molecule has 1 N–H and O–H groups in total. The Hall–Kier alpha value is -1.23. The van der Waals surface area contributed by atoms with Crippen molar-refractivity contribution in [3.63, 3.8) is 0 Å². The van der Waals surface area contributed by atoms with E-state index in [-0.39, 0.29) is 12.5 Å². The number of likely N-dealkylation sites (N-methyl/N-ethyl adjacent to an activating group) is 1. The highest BCUT2D eigenvalue weighted by molar-refractivity contribution is 9.10. The Kier molecular flexibility index (Phi) is 3.57. The molecule has 5 heteroatoms. The molecule has 0 aromatic heterocycles. The van der Waals surface area contributed by atoms with Gasteiger partial charge in [0.05, 0.1) is 11.7 Å². The molecule has 1 aromatic carbocycles. The molecular weight excluding hydrogens is 286 g/mol. The Morgan fingerprint density at radius 2 is 2.41 bits per heavy atom. The molecule has 4 nitrogen and oxygen atoms in total. The van der Waals surface area contributed by atoms with Gasteiger partial charge in [0.25, 0.3) is 0 Å². The number of hydrogen-bond acceptors (Lipinski definition) is 3. The molecule has 0 saturated heterocycles. The van der Waals surface area contributed by atoms with Crippen molar-refractivity contribution in [1.29, 1.82) is 0 Å². The first-order valence-electron chi connectivity index (χ1n) is 5.45. The van der Waals surface area contributed by atoms with E-state index in [1.54, 1.807) is 0 Å². The van der Waals surface area contributed by atoms with Gasteiger partial charge in [-0.05, 0) is 24.6 Å². The third kappa shape index (κ3) is 2.72. The Balaban J connectivity index is 2.14. The van der Waals surface area contributed by atoms with Crippen molar-refractivity contribution >= 4 is 27.6 Å². The fraction of sp³-hybridized carbons (Fsp3) is 0.417. The van der Waals surface area contributed by atoms with Gasteiger partial charge in [-0.2, -0.15) is 0 Å². The predicted molar refractivity (Wildman–Crippen MR) is 68.7 cm³/mol. The summed E-state index contributed by atoms with van der Waals surface area (Å²) < 4.78 is 6.63. The van der Waals surface area contributed by atoms with Crippen LogP contribution in [0.5, 0.6) is 5.75 Å². The molecule has 92 valence electrons. The minimum absolute atomic E-state index is 0.118. The molecule has 1 aromatic rings. The Morgan fingerprint density at radius 1 is 1.65 bits per heavy atom. The van der Waals surface area contributed by atoms with E-state index in [1.165, 1.54) is 0 Å². The smallest absolute Gasteiger partial charge is 0.303 e. The van der Waals surface area contributed by atoms with Crippen LogP contribution in [0.1, 0.15) is 12.8 Å². The van der Waals surface area contributed by atoms with Gasteiger partial charge in [-0.1, -0.05) is 15.9 Å². The molecule has 1 aliphatic heterocycles. The van der Waals surface area contributed by atoms with Crippen LogP contribution >= 0.6 is 15.9 Å². The first kappa shape index (κ1) is 12.2. The zero-order valence-electron chi connectivity index (χ0n) is 9.52. The van der Waals surface area contributed by atoms with Crippen LogP contribution < -0.4 is 9.64 Å². The van der Waals surface area contributed by atoms with Gasteiger partial charge in [0.15, 0.2) is 0 Å². The van der Waals surface area contributed by atoms with Crippen molar-refractivity contribution < 1.29 is 14.6 Å². The molecule has 0 aliphatic carbocycles. The average Bonchev–Trinajstić information content (AvgIpc) is 2.29. The number of carboxylic acid groups (broad SMARTS) is 1. The van der Waals surface area contributed by atoms with Crippen LogP contribution in [-0.4, -0.2) is 30.8 Å². The number of carbonyl (C=O) groups is 1. The monoisotopic (exact) mass is 299 g/mol. The van der Waals surface area contributed by atoms with Crippen LogP contribution in [0.3, 0.4) is 0 Å². The van der Waals surface area contributed by atoms with E-state index in [0.717, 1.165) is 15.9 Å². The van der Waals surface area contributed by atoms with Crippen LogP contribution in [0.4, 0.5) is 5.69 Å². The van der Waals surface area contributed by atoms with E-state index >= 15 is 0 Å². The number of carboxylic acids is 1. The number of ether oxygens (including phenoxy) is 1. The first-order valence-corrected chi connectivity index (χ1v) is 6.24. The van der Waals surface area contributed by atoms with Crippen molar-refractivity contribution in [3.05, 3.63) is 22.7 Å². The van der Waals surface area contributed by atoms with Crippen LogP contribution in [0, 0.1) is 0 Å². The summed E-state index contributed by atoms with van der Waals surface area (Å²) in [6, 6.07) is 5.96. The van der Waals surface area contributed by atoms with Crippen molar-refractivity contribution in [2.45, 2.75) is 18.9 Å². The number of halogens is 1. The van der Waals surface area contributed by atoms with Gasteiger partial charge in [0.1, 0.15) is 12.4 Å². The maximum atomic E-state index is 10.6. The normalized spacial score (nSPS) is 18.5. The Morgan fingerprint density at radius 3 is 3.12 bits per heavy atom. The number of hydrogen-bond donors (Lipinski definition) is 1. The molecule has 17 heavy (non-hydrogen) atoms. The lowest BCUT2D eigenvalue weighted by atomic mass is 10.1. The Labute approximate surface area is 108 Å². The topological polar surface area (TPSA) is 49.8 Å². The summed E-state index contributed by atoms with van der Waals surface area (Å²) in [4.78, 5) is 12.7. The van der Waals surface area contributed by atoms with E-state index in [0.29, 0.717) is 13.0 Å². The van der Waals surface area contributed by atoms with E-state index < -0.39 is 5.97 Å². The summed E-state index contributed by atoms with van der Waals surface area (Å²) in [5, 5.41) is 8.70. The number of nitrogens with zero attached hydrogens (tertiary/aromatic N) is 1. The molecule has 0 fully saturated rings. The van der Waals surface area contributed by atoms with Crippen LogP contribution in [0.15, 0.2) is 22.7 Å². The van der Waals surface area contributed by atoms with Crippen molar-refractivity contribution in [2.75, 3.05) is 18.6 Å². The van der Waals surface area contributed by atoms with Gasteiger partial charge < -0.3 is 14.7 Å². The van der Waals surface area contributed by atoms with Crippen LogP contribution in [0.2, 0.25) is 0 Å². The maximum absolute atomic E-state index is 10.6. The summed E-state index contributed by atoms with van der Waals surface area (Å²) in [7, 11) is 1.97. The summed E-state index contributed by atoms with van der Waals surface area (Å²) in [5.74, 6) is 0.0840. The van der Waals surface area contributed by atoms with Crippen LogP contribution in [0.25, 0.3) is 0 Å². The summed E-state index contributed by atoms with van der Waals surface area (Å²) in [5.41, 5.74) is 1.00. The fourth-order valence-electron chi connectivity index (χ4n) is 1.95. The second-order valence-electron chi connectivity index (χ2n) is 4.12. The molecule has 0 radical (unpaired) electrons. The fourth-order valence-corrected chi connectivity index (χ4v) is 2.30. The minimum Gasteiger partial charge on any atom is -0.489 e. The van der Waals surface area contributed by atoms with Gasteiger partial charge >= 0.3 is 5.97 Å². The van der Waals surface area contributed by atoms with Gasteiger partial charge in [-0.15, -0.1) is 0 Å². The molecule has 0 bridgehead atoms. The molecule has 1 unspecified atom stereocenters. The molecule has 1 aliphatic rings. The molecule has 1 atom stereocenters. The highest BCUT2D eigenvalue weighted by Gasteiger charge is 2.25. The van der Waals surface area contributed by atoms with E-state index in [2.05, 4.69) is 20.8 Å². The third-order valence-electron chi connectivity index (χ3n) is 2.97. The molecular formula is C12H14BrNO3. The number of anilines is 1. The van der Waals surface area contributed by atoms with Crippen molar-refractivity contribution in [2.24, 2.45) is 0 Å². The van der Waals surface area contributed by atoms with Gasteiger partial charge in [0.2, 0.25) is 0 Å². The zero-order valence-corrected chi connectivity index (χ0v) is 11.1. The Bertz CT molecular complexity index is 436. The lowest BCUT2D eigenvalue weighted by Crippen LogP contribution is -2.40. The van der Waals surface area contributed by atoms with E-state index in [1.807, 2.05) is 25.2 Å². The molecule has 1 heterocycles. The van der Waals surface area contributed by atoms with E-state index in [4.69, 9.17) is 9.84 Å². The lowest BCUT2D eigenvalue weighted by Gasteiger charge is -2.35. The number of aliphatic carboxylic acids is 1. The predicted octanol–water partition coefficient (Wildman–Crippen LogP) is 2.51. The summed E-state index contributed by atoms with van der Waals surface area (Å²) in [6.45, 7) is 0.540. The zero-order chi connectivity index (χ0) is 12.4. The lowest BCUT2D eigenvalue weighted by molar-refractivity contribution is -0.137. The number of benzene rings is 1. The number of rotatable bonds is 3. The first-order chi connectivity index (χ1) is 8.08.